The van der Waals surface area contributed by atoms with Crippen molar-refractivity contribution in [3.63, 3.8) is 0 Å². The van der Waals surface area contributed by atoms with Gasteiger partial charge in [-0.3, -0.25) is 4.99 Å². The molecular formula is C15H22FN3. The maximum atomic E-state index is 13.6. The van der Waals surface area contributed by atoms with E-state index in [2.05, 4.69) is 10.3 Å². The van der Waals surface area contributed by atoms with Gasteiger partial charge in [-0.1, -0.05) is 37.5 Å². The van der Waals surface area contributed by atoms with Crippen molar-refractivity contribution < 1.29 is 4.39 Å². The molecule has 1 atom stereocenters. The number of nitrogens with zero attached hydrogens (tertiary/aromatic N) is 1. The van der Waals surface area contributed by atoms with Crippen LogP contribution in [0.4, 0.5) is 4.39 Å². The first-order valence-electron chi connectivity index (χ1n) is 7.01. The second kappa shape index (κ2) is 6.55. The van der Waals surface area contributed by atoms with Crippen molar-refractivity contribution in [2.24, 2.45) is 10.7 Å². The molecule has 1 aromatic rings. The fourth-order valence-electron chi connectivity index (χ4n) is 2.57. The molecule has 0 heterocycles. The SMILES string of the molecule is CC(NC(N)=NC1CCCCC1)c1ccccc1F. The van der Waals surface area contributed by atoms with E-state index >= 15 is 0 Å². The number of aliphatic imine (C=N–C) groups is 1. The van der Waals surface area contributed by atoms with Crippen molar-refractivity contribution in [2.45, 2.75) is 51.1 Å². The van der Waals surface area contributed by atoms with Crippen LogP contribution in [0.1, 0.15) is 50.6 Å². The fraction of sp³-hybridized carbons (Fsp3) is 0.533. The topological polar surface area (TPSA) is 50.4 Å². The van der Waals surface area contributed by atoms with E-state index in [9.17, 15) is 4.39 Å². The van der Waals surface area contributed by atoms with Gasteiger partial charge in [0.25, 0.3) is 0 Å². The number of hydrogen-bond acceptors (Lipinski definition) is 1. The number of hydrogen-bond donors (Lipinski definition) is 2. The van der Waals surface area contributed by atoms with Crippen molar-refractivity contribution in [1.82, 2.24) is 5.32 Å². The molecule has 1 unspecified atom stereocenters. The Kier molecular flexibility index (Phi) is 4.77. The molecule has 0 spiro atoms. The van der Waals surface area contributed by atoms with Crippen molar-refractivity contribution >= 4 is 5.96 Å². The lowest BCUT2D eigenvalue weighted by molar-refractivity contribution is 0.441. The number of rotatable bonds is 3. The summed E-state index contributed by atoms with van der Waals surface area (Å²) in [6.45, 7) is 1.89. The second-order valence-corrected chi connectivity index (χ2v) is 5.19. The van der Waals surface area contributed by atoms with Gasteiger partial charge in [-0.15, -0.1) is 0 Å². The maximum absolute atomic E-state index is 13.6. The van der Waals surface area contributed by atoms with E-state index in [1.54, 1.807) is 12.1 Å². The molecule has 1 aliphatic carbocycles. The van der Waals surface area contributed by atoms with Gasteiger partial charge in [0.2, 0.25) is 0 Å². The summed E-state index contributed by atoms with van der Waals surface area (Å²) in [5.41, 5.74) is 6.52. The molecule has 1 fully saturated rings. The quantitative estimate of drug-likeness (QED) is 0.650. The van der Waals surface area contributed by atoms with Crippen molar-refractivity contribution in [3.05, 3.63) is 35.6 Å². The predicted octanol–water partition coefficient (Wildman–Crippen LogP) is 3.12. The second-order valence-electron chi connectivity index (χ2n) is 5.19. The summed E-state index contributed by atoms with van der Waals surface area (Å²) < 4.78 is 13.6. The van der Waals surface area contributed by atoms with Gasteiger partial charge in [0.15, 0.2) is 5.96 Å². The van der Waals surface area contributed by atoms with Crippen LogP contribution in [-0.2, 0) is 0 Å². The number of halogens is 1. The molecule has 104 valence electrons. The minimum Gasteiger partial charge on any atom is -0.370 e. The van der Waals surface area contributed by atoms with Crippen LogP contribution in [0.25, 0.3) is 0 Å². The Morgan fingerprint density at radius 2 is 2.00 bits per heavy atom. The Bertz CT molecular complexity index is 439. The largest absolute Gasteiger partial charge is 0.370 e. The minimum absolute atomic E-state index is 0.173. The van der Waals surface area contributed by atoms with E-state index in [4.69, 9.17) is 5.73 Å². The molecule has 4 heteroatoms. The van der Waals surface area contributed by atoms with Gasteiger partial charge in [0.05, 0.1) is 12.1 Å². The molecule has 2 rings (SSSR count). The molecule has 0 aromatic heterocycles. The zero-order valence-electron chi connectivity index (χ0n) is 11.4. The highest BCUT2D eigenvalue weighted by Gasteiger charge is 2.14. The van der Waals surface area contributed by atoms with Crippen LogP contribution in [0, 0.1) is 5.82 Å². The molecule has 0 radical (unpaired) electrons. The number of benzene rings is 1. The van der Waals surface area contributed by atoms with E-state index in [1.807, 2.05) is 13.0 Å². The van der Waals surface area contributed by atoms with E-state index in [-0.39, 0.29) is 11.9 Å². The van der Waals surface area contributed by atoms with Crippen molar-refractivity contribution in [3.8, 4) is 0 Å². The predicted molar refractivity (Wildman–Crippen MR) is 76.4 cm³/mol. The summed E-state index contributed by atoms with van der Waals surface area (Å²) in [5.74, 6) is 0.204. The van der Waals surface area contributed by atoms with E-state index in [1.165, 1.54) is 25.3 Å². The maximum Gasteiger partial charge on any atom is 0.189 e. The van der Waals surface area contributed by atoms with Gasteiger partial charge in [0.1, 0.15) is 5.82 Å². The molecule has 19 heavy (non-hydrogen) atoms. The van der Waals surface area contributed by atoms with E-state index < -0.39 is 0 Å². The van der Waals surface area contributed by atoms with E-state index in [0.29, 0.717) is 17.6 Å². The van der Waals surface area contributed by atoms with Gasteiger partial charge in [-0.2, -0.15) is 0 Å². The van der Waals surface area contributed by atoms with Gasteiger partial charge >= 0.3 is 0 Å². The van der Waals surface area contributed by atoms with Crippen LogP contribution in [0.2, 0.25) is 0 Å². The highest BCUT2D eigenvalue weighted by molar-refractivity contribution is 5.78. The van der Waals surface area contributed by atoms with Crippen LogP contribution in [0.15, 0.2) is 29.3 Å². The summed E-state index contributed by atoms with van der Waals surface area (Å²) >= 11 is 0. The first-order valence-corrected chi connectivity index (χ1v) is 7.01. The third kappa shape index (κ3) is 3.94. The first-order chi connectivity index (χ1) is 9.16. The molecule has 3 nitrogen and oxygen atoms in total. The zero-order valence-corrected chi connectivity index (χ0v) is 11.4. The Labute approximate surface area is 114 Å². The molecular weight excluding hydrogens is 241 g/mol. The molecule has 0 saturated heterocycles. The van der Waals surface area contributed by atoms with Crippen LogP contribution in [0.5, 0.6) is 0 Å². The Morgan fingerprint density at radius 1 is 1.32 bits per heavy atom. The summed E-state index contributed by atoms with van der Waals surface area (Å²) in [4.78, 5) is 4.49. The normalized spacial score (nSPS) is 19.2. The van der Waals surface area contributed by atoms with Crippen LogP contribution < -0.4 is 11.1 Å². The molecule has 1 aromatic carbocycles. The lowest BCUT2D eigenvalue weighted by atomic mass is 9.96. The first kappa shape index (κ1) is 13.8. The molecule has 0 amide bonds. The van der Waals surface area contributed by atoms with Gasteiger partial charge in [-0.25, -0.2) is 4.39 Å². The average Bonchev–Trinajstić information content (AvgIpc) is 2.40. The molecule has 1 saturated carbocycles. The summed E-state index contributed by atoms with van der Waals surface area (Å²) in [7, 11) is 0. The number of guanidine groups is 1. The lowest BCUT2D eigenvalue weighted by Gasteiger charge is -2.20. The van der Waals surface area contributed by atoms with Gasteiger partial charge in [-0.05, 0) is 25.8 Å². The van der Waals surface area contributed by atoms with Crippen LogP contribution >= 0.6 is 0 Å². The Morgan fingerprint density at radius 3 is 2.68 bits per heavy atom. The average molecular weight is 263 g/mol. The highest BCUT2D eigenvalue weighted by atomic mass is 19.1. The van der Waals surface area contributed by atoms with E-state index in [0.717, 1.165) is 12.8 Å². The smallest absolute Gasteiger partial charge is 0.189 e. The van der Waals surface area contributed by atoms with Crippen molar-refractivity contribution in [1.29, 1.82) is 0 Å². The standard InChI is InChI=1S/C15H22FN3/c1-11(13-9-5-6-10-14(13)16)18-15(17)19-12-7-3-2-4-8-12/h5-6,9-12H,2-4,7-8H2,1H3,(H3,17,18,19). The lowest BCUT2D eigenvalue weighted by Crippen LogP contribution is -2.35. The Hall–Kier alpha value is -1.58. The summed E-state index contributed by atoms with van der Waals surface area (Å²) in [6, 6.07) is 6.89. The third-order valence-corrected chi connectivity index (χ3v) is 3.63. The number of nitrogens with two attached hydrogens (primary N) is 1. The zero-order chi connectivity index (χ0) is 13.7. The monoisotopic (exact) mass is 263 g/mol. The molecule has 1 aliphatic rings. The minimum atomic E-state index is -0.215. The Balaban J connectivity index is 1.96. The van der Waals surface area contributed by atoms with Crippen LogP contribution in [-0.4, -0.2) is 12.0 Å². The fourth-order valence-corrected chi connectivity index (χ4v) is 2.57. The van der Waals surface area contributed by atoms with Crippen LogP contribution in [0.3, 0.4) is 0 Å². The number of nitrogens with one attached hydrogen (secondary N) is 1. The molecule has 0 bridgehead atoms. The molecule has 3 N–H and O–H groups in total. The van der Waals surface area contributed by atoms with Gasteiger partial charge in [0, 0.05) is 5.56 Å². The highest BCUT2D eigenvalue weighted by Crippen LogP contribution is 2.20. The third-order valence-electron chi connectivity index (χ3n) is 3.63. The van der Waals surface area contributed by atoms with Gasteiger partial charge < -0.3 is 11.1 Å². The van der Waals surface area contributed by atoms with Crippen molar-refractivity contribution in [2.75, 3.05) is 0 Å². The summed E-state index contributed by atoms with van der Waals surface area (Å²) in [5, 5.41) is 3.07. The molecule has 0 aliphatic heterocycles. The summed E-state index contributed by atoms with van der Waals surface area (Å²) in [6.07, 6.45) is 5.96.